The summed E-state index contributed by atoms with van der Waals surface area (Å²) in [5.74, 6) is 2.23. The first-order chi connectivity index (χ1) is 8.54. The van der Waals surface area contributed by atoms with Crippen molar-refractivity contribution in [3.63, 3.8) is 0 Å². The highest BCUT2D eigenvalue weighted by Crippen LogP contribution is 2.17. The van der Waals surface area contributed by atoms with Gasteiger partial charge in [-0.3, -0.25) is 4.79 Å². The van der Waals surface area contributed by atoms with Crippen LogP contribution in [0.2, 0.25) is 0 Å². The van der Waals surface area contributed by atoms with Gasteiger partial charge in [-0.1, -0.05) is 28.9 Å². The van der Waals surface area contributed by atoms with E-state index in [1.165, 1.54) is 0 Å². The largest absolute Gasteiger partial charge is 0.350 e. The number of carbonyl (C=O) groups is 1. The molecule has 1 aromatic carbocycles. The van der Waals surface area contributed by atoms with Crippen LogP contribution in [0.5, 0.6) is 0 Å². The maximum Gasteiger partial charge on any atom is 0.251 e. The lowest BCUT2D eigenvalue weighted by Gasteiger charge is -2.14. The number of thioether (sulfide) groups is 1. The maximum absolute atomic E-state index is 12.0. The molecule has 0 aliphatic heterocycles. The van der Waals surface area contributed by atoms with Crippen LogP contribution in [0.15, 0.2) is 22.7 Å². The maximum atomic E-state index is 12.0. The summed E-state index contributed by atoms with van der Waals surface area (Å²) in [6.45, 7) is 6.21. The van der Waals surface area contributed by atoms with Crippen molar-refractivity contribution in [3.05, 3.63) is 33.8 Å². The third-order valence-electron chi connectivity index (χ3n) is 2.71. The molecule has 2 nitrogen and oxygen atoms in total. The van der Waals surface area contributed by atoms with Gasteiger partial charge in [0, 0.05) is 16.1 Å². The van der Waals surface area contributed by atoms with Crippen molar-refractivity contribution >= 4 is 33.6 Å². The molecular weight excluding hydrogens is 310 g/mol. The molecule has 4 heteroatoms. The molecule has 18 heavy (non-hydrogen) atoms. The molecule has 0 saturated carbocycles. The highest BCUT2D eigenvalue weighted by molar-refractivity contribution is 9.10. The Hall–Kier alpha value is -0.480. The first-order valence-electron chi connectivity index (χ1n) is 6.19. The normalized spacial score (nSPS) is 12.2. The van der Waals surface area contributed by atoms with Gasteiger partial charge in [-0.05, 0) is 49.5 Å². The van der Waals surface area contributed by atoms with Crippen LogP contribution in [0, 0.1) is 6.92 Å². The summed E-state index contributed by atoms with van der Waals surface area (Å²) in [7, 11) is 0. The van der Waals surface area contributed by atoms with Gasteiger partial charge in [-0.2, -0.15) is 11.8 Å². The van der Waals surface area contributed by atoms with E-state index in [0.717, 1.165) is 28.0 Å². The fourth-order valence-corrected chi connectivity index (χ4v) is 2.71. The quantitative estimate of drug-likeness (QED) is 0.798. The molecule has 1 amide bonds. The summed E-state index contributed by atoms with van der Waals surface area (Å²) < 4.78 is 0.976. The van der Waals surface area contributed by atoms with E-state index in [0.29, 0.717) is 5.56 Å². The predicted octanol–water partition coefficient (Wildman–Crippen LogP) is 4.02. The lowest BCUT2D eigenvalue weighted by Crippen LogP contribution is -2.32. The van der Waals surface area contributed by atoms with Gasteiger partial charge in [0.1, 0.15) is 0 Å². The molecule has 1 N–H and O–H groups in total. The Kier molecular flexibility index (Phi) is 6.79. The van der Waals surface area contributed by atoms with Crippen molar-refractivity contribution < 1.29 is 4.79 Å². The monoisotopic (exact) mass is 329 g/mol. The second kappa shape index (κ2) is 7.85. The summed E-state index contributed by atoms with van der Waals surface area (Å²) in [5.41, 5.74) is 1.85. The molecule has 0 radical (unpaired) electrons. The van der Waals surface area contributed by atoms with E-state index in [1.807, 2.05) is 36.9 Å². The Morgan fingerprint density at radius 1 is 1.50 bits per heavy atom. The van der Waals surface area contributed by atoms with Crippen LogP contribution >= 0.6 is 27.7 Å². The summed E-state index contributed by atoms with van der Waals surface area (Å²) in [6, 6.07) is 5.91. The Morgan fingerprint density at radius 2 is 2.22 bits per heavy atom. The van der Waals surface area contributed by atoms with Gasteiger partial charge in [-0.25, -0.2) is 0 Å². The number of halogens is 1. The van der Waals surface area contributed by atoms with Gasteiger partial charge < -0.3 is 5.32 Å². The Balaban J connectivity index is 2.51. The van der Waals surface area contributed by atoms with Gasteiger partial charge in [0.15, 0.2) is 0 Å². The van der Waals surface area contributed by atoms with Crippen molar-refractivity contribution in [2.75, 3.05) is 11.5 Å². The number of carbonyl (C=O) groups excluding carboxylic acids is 1. The molecule has 0 bridgehead atoms. The number of benzene rings is 1. The average Bonchev–Trinajstić information content (AvgIpc) is 2.33. The van der Waals surface area contributed by atoms with Crippen molar-refractivity contribution in [2.24, 2.45) is 0 Å². The summed E-state index contributed by atoms with van der Waals surface area (Å²) in [5, 5.41) is 3.03. The van der Waals surface area contributed by atoms with E-state index in [2.05, 4.69) is 35.1 Å². The van der Waals surface area contributed by atoms with Gasteiger partial charge in [0.05, 0.1) is 0 Å². The van der Waals surface area contributed by atoms with Gasteiger partial charge >= 0.3 is 0 Å². The highest BCUT2D eigenvalue weighted by atomic mass is 79.9. The van der Waals surface area contributed by atoms with Crippen molar-refractivity contribution in [1.29, 1.82) is 0 Å². The number of nitrogens with one attached hydrogen (secondary N) is 1. The van der Waals surface area contributed by atoms with Crippen molar-refractivity contribution in [1.82, 2.24) is 5.32 Å². The molecule has 0 aromatic heterocycles. The highest BCUT2D eigenvalue weighted by Gasteiger charge is 2.10. The molecule has 1 unspecified atom stereocenters. The molecule has 100 valence electrons. The molecule has 0 saturated heterocycles. The van der Waals surface area contributed by atoms with Crippen LogP contribution in [0.4, 0.5) is 0 Å². The number of hydrogen-bond acceptors (Lipinski definition) is 2. The first-order valence-corrected chi connectivity index (χ1v) is 8.14. The topological polar surface area (TPSA) is 29.1 Å². The van der Waals surface area contributed by atoms with Crippen LogP contribution in [0.1, 0.15) is 36.2 Å². The van der Waals surface area contributed by atoms with Crippen molar-refractivity contribution in [2.45, 2.75) is 33.2 Å². The molecule has 1 rings (SSSR count). The lowest BCUT2D eigenvalue weighted by atomic mass is 10.1. The zero-order chi connectivity index (χ0) is 13.5. The molecule has 0 aliphatic rings. The molecule has 0 fully saturated rings. The fourth-order valence-electron chi connectivity index (χ4n) is 1.52. The third-order valence-corrected chi connectivity index (χ3v) is 4.50. The number of rotatable bonds is 6. The van der Waals surface area contributed by atoms with E-state index < -0.39 is 0 Å². The van der Waals surface area contributed by atoms with Gasteiger partial charge in [0.25, 0.3) is 5.91 Å². The number of hydrogen-bond donors (Lipinski definition) is 1. The molecule has 0 aliphatic carbocycles. The van der Waals surface area contributed by atoms with Gasteiger partial charge in [-0.15, -0.1) is 0 Å². The lowest BCUT2D eigenvalue weighted by molar-refractivity contribution is 0.0939. The van der Waals surface area contributed by atoms with Crippen LogP contribution < -0.4 is 5.32 Å². The summed E-state index contributed by atoms with van der Waals surface area (Å²) >= 11 is 5.35. The van der Waals surface area contributed by atoms with Crippen LogP contribution in [-0.4, -0.2) is 23.5 Å². The Morgan fingerprint density at radius 3 is 2.83 bits per heavy atom. The SMILES string of the molecule is CCSCCC(C)NC(=O)c1ccc(C)c(Br)c1. The van der Waals surface area contributed by atoms with E-state index in [9.17, 15) is 4.79 Å². The van der Waals surface area contributed by atoms with E-state index >= 15 is 0 Å². The number of amides is 1. The van der Waals surface area contributed by atoms with Crippen molar-refractivity contribution in [3.8, 4) is 0 Å². The minimum absolute atomic E-state index is 0.00435. The fraction of sp³-hybridized carbons (Fsp3) is 0.500. The van der Waals surface area contributed by atoms with Gasteiger partial charge in [0.2, 0.25) is 0 Å². The summed E-state index contributed by atoms with van der Waals surface area (Å²) in [4.78, 5) is 12.0. The Labute approximate surface area is 122 Å². The zero-order valence-corrected chi connectivity index (χ0v) is 13.5. The van der Waals surface area contributed by atoms with Crippen LogP contribution in [0.25, 0.3) is 0 Å². The average molecular weight is 330 g/mol. The molecular formula is C14H20BrNOS. The Bertz CT molecular complexity index is 409. The van der Waals surface area contributed by atoms with E-state index in [-0.39, 0.29) is 11.9 Å². The minimum atomic E-state index is 0.00435. The standard InChI is InChI=1S/C14H20BrNOS/c1-4-18-8-7-11(3)16-14(17)12-6-5-10(2)13(15)9-12/h5-6,9,11H,4,7-8H2,1-3H3,(H,16,17). The van der Waals surface area contributed by atoms with Crippen LogP contribution in [0.3, 0.4) is 0 Å². The predicted molar refractivity (Wildman–Crippen MR) is 83.4 cm³/mol. The molecule has 1 atom stereocenters. The number of aryl methyl sites for hydroxylation is 1. The third kappa shape index (κ3) is 5.02. The molecule has 0 spiro atoms. The van der Waals surface area contributed by atoms with E-state index in [4.69, 9.17) is 0 Å². The first kappa shape index (κ1) is 15.6. The van der Waals surface area contributed by atoms with Crippen LogP contribution in [-0.2, 0) is 0 Å². The molecule has 1 aromatic rings. The minimum Gasteiger partial charge on any atom is -0.350 e. The second-order valence-electron chi connectivity index (χ2n) is 4.32. The zero-order valence-electron chi connectivity index (χ0n) is 11.1. The van der Waals surface area contributed by atoms with E-state index in [1.54, 1.807) is 0 Å². The summed E-state index contributed by atoms with van der Waals surface area (Å²) in [6.07, 6.45) is 1.01. The second-order valence-corrected chi connectivity index (χ2v) is 6.57. The smallest absolute Gasteiger partial charge is 0.251 e. The molecule has 0 heterocycles.